The van der Waals surface area contributed by atoms with Crippen LogP contribution in [0.15, 0.2) is 48.5 Å². The number of nitrogens with two attached hydrogens (primary N) is 1. The van der Waals surface area contributed by atoms with Crippen LogP contribution in [0.3, 0.4) is 0 Å². The second-order valence-electron chi connectivity index (χ2n) is 6.65. The Bertz CT molecular complexity index is 959. The van der Waals surface area contributed by atoms with E-state index in [1.807, 2.05) is 43.3 Å². The highest BCUT2D eigenvalue weighted by Gasteiger charge is 2.16. The minimum Gasteiger partial charge on any atom is -0.378 e. The monoisotopic (exact) mass is 378 g/mol. The number of morpholine rings is 1. The van der Waals surface area contributed by atoms with E-state index in [1.54, 1.807) is 12.1 Å². The molecule has 0 aliphatic carbocycles. The average Bonchev–Trinajstić information content (AvgIpc) is 3.09. The minimum absolute atomic E-state index is 0.0398. The van der Waals surface area contributed by atoms with Crippen molar-refractivity contribution in [1.29, 1.82) is 0 Å². The summed E-state index contributed by atoms with van der Waals surface area (Å²) in [6.07, 6.45) is 0. The normalized spacial score (nSPS) is 14.1. The molecule has 1 aliphatic rings. The molecule has 144 valence electrons. The molecule has 2 aromatic carbocycles. The van der Waals surface area contributed by atoms with Crippen LogP contribution < -0.4 is 16.0 Å². The third-order valence-corrected chi connectivity index (χ3v) is 4.62. The third-order valence-electron chi connectivity index (χ3n) is 4.62. The Morgan fingerprint density at radius 1 is 1.07 bits per heavy atom. The highest BCUT2D eigenvalue weighted by atomic mass is 16.5. The zero-order valence-corrected chi connectivity index (χ0v) is 15.6. The number of carbonyl (C=O) groups excluding carboxylic acids is 1. The SMILES string of the molecule is Cc1ccc(C(=O)n2nc(Nc3ccc(N4CCOCC4)cc3)nc2N)cc1. The molecule has 3 aromatic rings. The van der Waals surface area contributed by atoms with Crippen molar-refractivity contribution >= 4 is 29.2 Å². The van der Waals surface area contributed by atoms with E-state index in [4.69, 9.17) is 10.5 Å². The maximum Gasteiger partial charge on any atom is 0.281 e. The lowest BCUT2D eigenvalue weighted by molar-refractivity contribution is 0.0948. The lowest BCUT2D eigenvalue weighted by Gasteiger charge is -2.28. The number of ether oxygens (including phenoxy) is 1. The number of aryl methyl sites for hydroxylation is 1. The lowest BCUT2D eigenvalue weighted by atomic mass is 10.1. The summed E-state index contributed by atoms with van der Waals surface area (Å²) in [6, 6.07) is 15.2. The first kappa shape index (κ1) is 18.0. The van der Waals surface area contributed by atoms with Gasteiger partial charge in [-0.1, -0.05) is 17.7 Å². The molecular formula is C20H22N6O2. The number of hydrogen-bond donors (Lipinski definition) is 2. The van der Waals surface area contributed by atoms with Crippen LogP contribution in [0.2, 0.25) is 0 Å². The number of nitrogen functional groups attached to an aromatic ring is 1. The van der Waals surface area contributed by atoms with Crippen LogP contribution in [0.25, 0.3) is 0 Å². The number of rotatable bonds is 4. The second-order valence-corrected chi connectivity index (χ2v) is 6.65. The number of benzene rings is 2. The first-order valence-electron chi connectivity index (χ1n) is 9.14. The van der Waals surface area contributed by atoms with Crippen molar-refractivity contribution in [2.45, 2.75) is 6.92 Å². The van der Waals surface area contributed by atoms with Crippen LogP contribution in [0.1, 0.15) is 15.9 Å². The van der Waals surface area contributed by atoms with E-state index in [0.29, 0.717) is 5.56 Å². The van der Waals surface area contributed by atoms with Crippen molar-refractivity contribution in [2.24, 2.45) is 0 Å². The fourth-order valence-corrected chi connectivity index (χ4v) is 3.05. The molecule has 8 heteroatoms. The molecule has 8 nitrogen and oxygen atoms in total. The molecule has 1 aliphatic heterocycles. The second kappa shape index (κ2) is 7.69. The predicted molar refractivity (Wildman–Crippen MR) is 108 cm³/mol. The number of carbonyl (C=O) groups is 1. The van der Waals surface area contributed by atoms with Crippen molar-refractivity contribution in [1.82, 2.24) is 14.8 Å². The molecule has 0 radical (unpaired) electrons. The van der Waals surface area contributed by atoms with E-state index in [-0.39, 0.29) is 17.8 Å². The molecule has 0 saturated carbocycles. The zero-order valence-electron chi connectivity index (χ0n) is 15.6. The average molecular weight is 378 g/mol. The Morgan fingerprint density at radius 2 is 1.75 bits per heavy atom. The first-order chi connectivity index (χ1) is 13.6. The first-order valence-corrected chi connectivity index (χ1v) is 9.14. The Morgan fingerprint density at radius 3 is 2.43 bits per heavy atom. The number of aromatic nitrogens is 3. The van der Waals surface area contributed by atoms with Crippen LogP contribution in [-0.2, 0) is 4.74 Å². The quantitative estimate of drug-likeness (QED) is 0.719. The number of nitrogens with zero attached hydrogens (tertiary/aromatic N) is 4. The molecule has 0 bridgehead atoms. The largest absolute Gasteiger partial charge is 0.378 e. The van der Waals surface area contributed by atoms with Crippen molar-refractivity contribution in [3.8, 4) is 0 Å². The Hall–Kier alpha value is -3.39. The van der Waals surface area contributed by atoms with Gasteiger partial charge in [0.25, 0.3) is 5.91 Å². The van der Waals surface area contributed by atoms with Gasteiger partial charge in [0.2, 0.25) is 11.9 Å². The summed E-state index contributed by atoms with van der Waals surface area (Å²) in [5, 5.41) is 7.30. The summed E-state index contributed by atoms with van der Waals surface area (Å²) in [4.78, 5) is 19.0. The molecule has 1 aromatic heterocycles. The van der Waals surface area contributed by atoms with Crippen molar-refractivity contribution in [3.05, 3.63) is 59.7 Å². The van der Waals surface area contributed by atoms with E-state index in [2.05, 4.69) is 20.3 Å². The van der Waals surface area contributed by atoms with Crippen LogP contribution in [0, 0.1) is 6.92 Å². The number of anilines is 4. The van der Waals surface area contributed by atoms with Gasteiger partial charge < -0.3 is 20.7 Å². The lowest BCUT2D eigenvalue weighted by Crippen LogP contribution is -2.36. The van der Waals surface area contributed by atoms with E-state index in [1.165, 1.54) is 0 Å². The molecule has 1 fully saturated rings. The predicted octanol–water partition coefficient (Wildman–Crippen LogP) is 2.44. The topological polar surface area (TPSA) is 98.3 Å². The summed E-state index contributed by atoms with van der Waals surface area (Å²) in [5.74, 6) is -0.00388. The van der Waals surface area contributed by atoms with Gasteiger partial charge in [0.05, 0.1) is 13.2 Å². The van der Waals surface area contributed by atoms with Gasteiger partial charge in [-0.05, 0) is 43.3 Å². The molecule has 28 heavy (non-hydrogen) atoms. The highest BCUT2D eigenvalue weighted by molar-refractivity contribution is 5.96. The van der Waals surface area contributed by atoms with Gasteiger partial charge in [-0.15, -0.1) is 5.10 Å². The smallest absolute Gasteiger partial charge is 0.281 e. The van der Waals surface area contributed by atoms with Crippen LogP contribution in [-0.4, -0.2) is 47.0 Å². The van der Waals surface area contributed by atoms with Crippen molar-refractivity contribution < 1.29 is 9.53 Å². The van der Waals surface area contributed by atoms with E-state index < -0.39 is 0 Å². The van der Waals surface area contributed by atoms with Gasteiger partial charge in [-0.3, -0.25) is 4.79 Å². The van der Waals surface area contributed by atoms with Gasteiger partial charge >= 0.3 is 0 Å². The van der Waals surface area contributed by atoms with E-state index in [0.717, 1.165) is 47.9 Å². The molecule has 0 atom stereocenters. The van der Waals surface area contributed by atoms with E-state index in [9.17, 15) is 4.79 Å². The summed E-state index contributed by atoms with van der Waals surface area (Å²) >= 11 is 0. The Labute approximate surface area is 162 Å². The number of hydrogen-bond acceptors (Lipinski definition) is 7. The zero-order chi connectivity index (χ0) is 19.5. The van der Waals surface area contributed by atoms with Crippen molar-refractivity contribution in [3.63, 3.8) is 0 Å². The van der Waals surface area contributed by atoms with Gasteiger partial charge in [0.15, 0.2) is 0 Å². The molecule has 0 unspecified atom stereocenters. The standard InChI is InChI=1S/C20H22N6O2/c1-14-2-4-15(5-3-14)18(27)26-19(21)23-20(24-26)22-16-6-8-17(9-7-16)25-10-12-28-13-11-25/h2-9H,10-13H2,1H3,(H3,21,22,23,24). The third kappa shape index (κ3) is 3.81. The van der Waals surface area contributed by atoms with Gasteiger partial charge in [0, 0.05) is 30.0 Å². The summed E-state index contributed by atoms with van der Waals surface area (Å²) in [5.41, 5.74) is 9.43. The molecule has 2 heterocycles. The van der Waals surface area contributed by atoms with E-state index >= 15 is 0 Å². The van der Waals surface area contributed by atoms with Gasteiger partial charge in [-0.25, -0.2) is 0 Å². The Kier molecular flexibility index (Phi) is 4.94. The maximum atomic E-state index is 12.6. The molecule has 0 spiro atoms. The molecule has 1 saturated heterocycles. The van der Waals surface area contributed by atoms with Gasteiger partial charge in [-0.2, -0.15) is 9.67 Å². The summed E-state index contributed by atoms with van der Waals surface area (Å²) in [6.45, 7) is 5.22. The number of nitrogens with one attached hydrogen (secondary N) is 1. The van der Waals surface area contributed by atoms with Crippen LogP contribution >= 0.6 is 0 Å². The fourth-order valence-electron chi connectivity index (χ4n) is 3.05. The molecule has 0 amide bonds. The molecule has 3 N–H and O–H groups in total. The summed E-state index contributed by atoms with van der Waals surface area (Å²) < 4.78 is 6.49. The van der Waals surface area contributed by atoms with Gasteiger partial charge in [0.1, 0.15) is 0 Å². The highest BCUT2D eigenvalue weighted by Crippen LogP contribution is 2.21. The molecular weight excluding hydrogens is 356 g/mol. The summed E-state index contributed by atoms with van der Waals surface area (Å²) in [7, 11) is 0. The Balaban J connectivity index is 1.47. The maximum absolute atomic E-state index is 12.6. The van der Waals surface area contributed by atoms with Crippen molar-refractivity contribution in [2.75, 3.05) is 42.3 Å². The fraction of sp³-hybridized carbons (Fsp3) is 0.250. The minimum atomic E-state index is -0.319. The van der Waals surface area contributed by atoms with Crippen LogP contribution in [0.5, 0.6) is 0 Å². The molecule has 4 rings (SSSR count). The van der Waals surface area contributed by atoms with Crippen LogP contribution in [0.4, 0.5) is 23.3 Å².